The molecule has 0 heterocycles. The predicted molar refractivity (Wildman–Crippen MR) is 72.8 cm³/mol. The Kier molecular flexibility index (Phi) is 4.27. The lowest BCUT2D eigenvalue weighted by Gasteiger charge is -2.14. The second kappa shape index (κ2) is 5.93. The van der Waals surface area contributed by atoms with Crippen molar-refractivity contribution in [3.05, 3.63) is 70.8 Å². The van der Waals surface area contributed by atoms with Crippen LogP contribution in [0.1, 0.15) is 36.1 Å². The molecule has 1 nitrogen and oxygen atoms in total. The fourth-order valence-corrected chi connectivity index (χ4v) is 2.12. The lowest BCUT2D eigenvalue weighted by atomic mass is 9.97. The van der Waals surface area contributed by atoms with Crippen LogP contribution in [0, 0.1) is 11.6 Å². The Morgan fingerprint density at radius 1 is 1.05 bits per heavy atom. The van der Waals surface area contributed by atoms with Crippen molar-refractivity contribution in [2.75, 3.05) is 0 Å². The van der Waals surface area contributed by atoms with Gasteiger partial charge in [-0.15, -0.1) is 0 Å². The first-order valence-electron chi connectivity index (χ1n) is 6.41. The van der Waals surface area contributed by atoms with Gasteiger partial charge in [-0.2, -0.15) is 0 Å². The molecule has 19 heavy (non-hydrogen) atoms. The molecule has 0 bridgehead atoms. The van der Waals surface area contributed by atoms with Gasteiger partial charge in [-0.1, -0.05) is 49.7 Å². The van der Waals surface area contributed by atoms with Crippen LogP contribution in [-0.4, -0.2) is 0 Å². The summed E-state index contributed by atoms with van der Waals surface area (Å²) in [5, 5.41) is 0. The summed E-state index contributed by atoms with van der Waals surface area (Å²) in [7, 11) is 0. The molecular weight excluding hydrogens is 244 g/mol. The molecule has 0 radical (unpaired) electrons. The zero-order chi connectivity index (χ0) is 13.8. The van der Waals surface area contributed by atoms with Crippen molar-refractivity contribution in [2.24, 2.45) is 5.73 Å². The predicted octanol–water partition coefficient (Wildman–Crippen LogP) is 3.97. The summed E-state index contributed by atoms with van der Waals surface area (Å²) < 4.78 is 26.9. The van der Waals surface area contributed by atoms with Crippen LogP contribution in [0.3, 0.4) is 0 Å². The van der Waals surface area contributed by atoms with Gasteiger partial charge < -0.3 is 5.73 Å². The lowest BCUT2D eigenvalue weighted by molar-refractivity contribution is 0.494. The molecule has 0 aliphatic rings. The number of aryl methyl sites for hydroxylation is 1. The molecule has 2 N–H and O–H groups in total. The normalized spacial score (nSPS) is 12.4. The average Bonchev–Trinajstić information content (AvgIpc) is 2.42. The fourth-order valence-electron chi connectivity index (χ4n) is 2.12. The summed E-state index contributed by atoms with van der Waals surface area (Å²) in [5.41, 5.74) is 8.19. The van der Waals surface area contributed by atoms with E-state index >= 15 is 0 Å². The first-order chi connectivity index (χ1) is 9.13. The van der Waals surface area contributed by atoms with E-state index in [9.17, 15) is 8.78 Å². The molecule has 2 rings (SSSR count). The van der Waals surface area contributed by atoms with E-state index in [0.29, 0.717) is 0 Å². The van der Waals surface area contributed by atoms with Crippen molar-refractivity contribution < 1.29 is 8.78 Å². The molecule has 1 unspecified atom stereocenters. The maximum Gasteiger partial charge on any atom is 0.163 e. The number of halogens is 2. The molecule has 0 saturated carbocycles. The van der Waals surface area contributed by atoms with E-state index in [4.69, 9.17) is 5.73 Å². The highest BCUT2D eigenvalue weighted by atomic mass is 19.2. The second-order valence-corrected chi connectivity index (χ2v) is 4.61. The Morgan fingerprint density at radius 2 is 1.74 bits per heavy atom. The number of hydrogen-bond donors (Lipinski definition) is 1. The zero-order valence-electron chi connectivity index (χ0n) is 10.9. The molecule has 0 amide bonds. The van der Waals surface area contributed by atoms with Crippen LogP contribution < -0.4 is 5.73 Å². The maximum atomic E-state index is 13.7. The molecule has 2 aromatic carbocycles. The van der Waals surface area contributed by atoms with Gasteiger partial charge in [0.05, 0.1) is 6.04 Å². The zero-order valence-corrected chi connectivity index (χ0v) is 10.9. The Labute approximate surface area is 112 Å². The maximum absolute atomic E-state index is 13.7. The van der Waals surface area contributed by atoms with Gasteiger partial charge >= 0.3 is 0 Å². The van der Waals surface area contributed by atoms with E-state index in [0.717, 1.165) is 24.5 Å². The molecule has 0 fully saturated rings. The first-order valence-corrected chi connectivity index (χ1v) is 6.41. The van der Waals surface area contributed by atoms with Crippen LogP contribution in [0.15, 0.2) is 42.5 Å². The van der Waals surface area contributed by atoms with Gasteiger partial charge in [0.15, 0.2) is 11.6 Å². The van der Waals surface area contributed by atoms with Crippen LogP contribution in [0.5, 0.6) is 0 Å². The number of benzene rings is 2. The van der Waals surface area contributed by atoms with E-state index in [1.807, 2.05) is 24.3 Å². The van der Waals surface area contributed by atoms with Gasteiger partial charge in [-0.3, -0.25) is 0 Å². The Balaban J connectivity index is 2.28. The topological polar surface area (TPSA) is 26.0 Å². The third-order valence-corrected chi connectivity index (χ3v) is 3.19. The van der Waals surface area contributed by atoms with E-state index in [1.54, 1.807) is 0 Å². The van der Waals surface area contributed by atoms with Crippen LogP contribution >= 0.6 is 0 Å². The van der Waals surface area contributed by atoms with Crippen LogP contribution in [-0.2, 0) is 6.42 Å². The SMILES string of the molecule is CCCc1ccc(C(N)c2cccc(F)c2F)cc1. The van der Waals surface area contributed by atoms with Crippen molar-refractivity contribution >= 4 is 0 Å². The van der Waals surface area contributed by atoms with Crippen molar-refractivity contribution in [3.8, 4) is 0 Å². The van der Waals surface area contributed by atoms with Gasteiger partial charge in [0.2, 0.25) is 0 Å². The summed E-state index contributed by atoms with van der Waals surface area (Å²) in [6.07, 6.45) is 2.08. The standard InChI is InChI=1S/C16H17F2N/c1-2-4-11-7-9-12(10-8-11)16(19)13-5-3-6-14(17)15(13)18/h3,5-10,16H,2,4,19H2,1H3. The summed E-state index contributed by atoms with van der Waals surface area (Å²) in [6.45, 7) is 2.11. The highest BCUT2D eigenvalue weighted by Crippen LogP contribution is 2.24. The minimum atomic E-state index is -0.868. The molecule has 0 aliphatic carbocycles. The highest BCUT2D eigenvalue weighted by Gasteiger charge is 2.16. The lowest BCUT2D eigenvalue weighted by Crippen LogP contribution is -2.14. The highest BCUT2D eigenvalue weighted by molar-refractivity contribution is 5.34. The Morgan fingerprint density at radius 3 is 2.37 bits per heavy atom. The quantitative estimate of drug-likeness (QED) is 0.885. The third kappa shape index (κ3) is 2.99. The van der Waals surface area contributed by atoms with Gasteiger partial charge in [0.1, 0.15) is 0 Å². The smallest absolute Gasteiger partial charge is 0.163 e. The average molecular weight is 261 g/mol. The largest absolute Gasteiger partial charge is 0.320 e. The van der Waals surface area contributed by atoms with E-state index in [1.165, 1.54) is 17.7 Å². The molecule has 0 spiro atoms. The van der Waals surface area contributed by atoms with Crippen molar-refractivity contribution in [2.45, 2.75) is 25.8 Å². The molecule has 100 valence electrons. The molecule has 2 aromatic rings. The molecule has 0 aliphatic heterocycles. The van der Waals surface area contributed by atoms with E-state index in [-0.39, 0.29) is 5.56 Å². The first kappa shape index (κ1) is 13.7. The van der Waals surface area contributed by atoms with Gasteiger partial charge in [-0.05, 0) is 23.6 Å². The Bertz CT molecular complexity index is 549. The van der Waals surface area contributed by atoms with Crippen molar-refractivity contribution in [1.29, 1.82) is 0 Å². The second-order valence-electron chi connectivity index (χ2n) is 4.61. The van der Waals surface area contributed by atoms with Crippen LogP contribution in [0.2, 0.25) is 0 Å². The fraction of sp³-hybridized carbons (Fsp3) is 0.250. The van der Waals surface area contributed by atoms with Crippen LogP contribution in [0.4, 0.5) is 8.78 Å². The molecular formula is C16H17F2N. The number of rotatable bonds is 4. The van der Waals surface area contributed by atoms with Crippen molar-refractivity contribution in [1.82, 2.24) is 0 Å². The molecule has 0 aromatic heterocycles. The Hall–Kier alpha value is -1.74. The summed E-state index contributed by atoms with van der Waals surface area (Å²) >= 11 is 0. The van der Waals surface area contributed by atoms with E-state index < -0.39 is 17.7 Å². The number of nitrogens with two attached hydrogens (primary N) is 1. The van der Waals surface area contributed by atoms with E-state index in [2.05, 4.69) is 6.92 Å². The van der Waals surface area contributed by atoms with Gasteiger partial charge in [-0.25, -0.2) is 8.78 Å². The third-order valence-electron chi connectivity index (χ3n) is 3.19. The molecule has 3 heteroatoms. The van der Waals surface area contributed by atoms with Crippen molar-refractivity contribution in [3.63, 3.8) is 0 Å². The number of hydrogen-bond acceptors (Lipinski definition) is 1. The summed E-state index contributed by atoms with van der Waals surface area (Å²) in [5.74, 6) is -1.73. The summed E-state index contributed by atoms with van der Waals surface area (Å²) in [6, 6.07) is 11.1. The summed E-state index contributed by atoms with van der Waals surface area (Å²) in [4.78, 5) is 0. The molecule has 1 atom stereocenters. The van der Waals surface area contributed by atoms with Crippen LogP contribution in [0.25, 0.3) is 0 Å². The minimum Gasteiger partial charge on any atom is -0.320 e. The minimum absolute atomic E-state index is 0.184. The van der Waals surface area contributed by atoms with Gasteiger partial charge in [0.25, 0.3) is 0 Å². The van der Waals surface area contributed by atoms with Gasteiger partial charge in [0, 0.05) is 5.56 Å². The molecule has 0 saturated heterocycles. The monoisotopic (exact) mass is 261 g/mol.